The van der Waals surface area contributed by atoms with Gasteiger partial charge in [0.25, 0.3) is 0 Å². The van der Waals surface area contributed by atoms with Gasteiger partial charge in [0.15, 0.2) is 0 Å². The van der Waals surface area contributed by atoms with Crippen molar-refractivity contribution in [3.05, 3.63) is 0 Å². The molecule has 3 heteroatoms. The van der Waals surface area contributed by atoms with Crippen LogP contribution in [-0.2, 0) is 4.74 Å². The molecule has 76 valence electrons. The fraction of sp³-hybridized carbons (Fsp3) is 1.00. The van der Waals surface area contributed by atoms with Gasteiger partial charge < -0.3 is 15.0 Å². The molecule has 0 radical (unpaired) electrons. The van der Waals surface area contributed by atoms with Gasteiger partial charge >= 0.3 is 0 Å². The lowest BCUT2D eigenvalue weighted by atomic mass is 9.79. The third-order valence-electron chi connectivity index (χ3n) is 3.38. The summed E-state index contributed by atoms with van der Waals surface area (Å²) in [6, 6.07) is 0. The quantitative estimate of drug-likeness (QED) is 0.587. The normalized spacial score (nSPS) is 30.2. The summed E-state index contributed by atoms with van der Waals surface area (Å²) in [5, 5.41) is 3.48. The van der Waals surface area contributed by atoms with E-state index < -0.39 is 0 Å². The molecule has 1 spiro atoms. The fourth-order valence-electron chi connectivity index (χ4n) is 2.25. The minimum atomic E-state index is 0.447. The molecule has 0 aromatic heterocycles. The Balaban J connectivity index is 1.93. The maximum absolute atomic E-state index is 5.64. The first-order chi connectivity index (χ1) is 6.31. The van der Waals surface area contributed by atoms with Crippen molar-refractivity contribution >= 4 is 0 Å². The number of ether oxygens (including phenoxy) is 1. The number of piperidine rings is 1. The molecule has 2 rings (SSSR count). The summed E-state index contributed by atoms with van der Waals surface area (Å²) >= 11 is 0. The second kappa shape index (κ2) is 3.95. The first-order valence-electron chi connectivity index (χ1n) is 5.28. The van der Waals surface area contributed by atoms with Crippen molar-refractivity contribution in [2.45, 2.75) is 12.8 Å². The minimum absolute atomic E-state index is 0.447. The van der Waals surface area contributed by atoms with Crippen molar-refractivity contribution in [2.24, 2.45) is 5.41 Å². The third-order valence-corrected chi connectivity index (χ3v) is 3.38. The zero-order chi connectivity index (χ0) is 9.15. The molecule has 0 aromatic rings. The topological polar surface area (TPSA) is 24.5 Å². The van der Waals surface area contributed by atoms with E-state index in [2.05, 4.69) is 17.3 Å². The lowest BCUT2D eigenvalue weighted by Gasteiger charge is -2.39. The van der Waals surface area contributed by atoms with Crippen molar-refractivity contribution in [1.29, 1.82) is 0 Å². The Morgan fingerprint density at radius 2 is 2.08 bits per heavy atom. The average molecular weight is 184 g/mol. The van der Waals surface area contributed by atoms with E-state index in [4.69, 9.17) is 4.74 Å². The van der Waals surface area contributed by atoms with Gasteiger partial charge in [0.2, 0.25) is 0 Å². The molecule has 3 nitrogen and oxygen atoms in total. The van der Waals surface area contributed by atoms with Crippen LogP contribution >= 0.6 is 0 Å². The predicted octanol–water partition coefficient (Wildman–Crippen LogP) is 0.318. The van der Waals surface area contributed by atoms with E-state index >= 15 is 0 Å². The van der Waals surface area contributed by atoms with Gasteiger partial charge in [0.05, 0.1) is 13.2 Å². The second-order valence-electron chi connectivity index (χ2n) is 4.53. The van der Waals surface area contributed by atoms with E-state index in [0.717, 1.165) is 26.3 Å². The highest BCUT2D eigenvalue weighted by Crippen LogP contribution is 2.31. The Labute approximate surface area is 80.4 Å². The molecular weight excluding hydrogens is 164 g/mol. The van der Waals surface area contributed by atoms with Crippen LogP contribution in [0.15, 0.2) is 0 Å². The number of nitrogens with zero attached hydrogens (tertiary/aromatic N) is 1. The van der Waals surface area contributed by atoms with E-state index in [1.165, 1.54) is 25.9 Å². The van der Waals surface area contributed by atoms with Gasteiger partial charge in [-0.15, -0.1) is 0 Å². The van der Waals surface area contributed by atoms with Gasteiger partial charge in [0, 0.05) is 18.5 Å². The highest BCUT2D eigenvalue weighted by molar-refractivity contribution is 4.88. The summed E-state index contributed by atoms with van der Waals surface area (Å²) in [7, 11) is 2.21. The first kappa shape index (κ1) is 9.44. The Kier molecular flexibility index (Phi) is 2.86. The smallest absolute Gasteiger partial charge is 0.0591 e. The average Bonchev–Trinajstić information content (AvgIpc) is 2.37. The third kappa shape index (κ3) is 2.22. The molecule has 2 aliphatic heterocycles. The summed E-state index contributed by atoms with van der Waals surface area (Å²) in [4.78, 5) is 2.41. The second-order valence-corrected chi connectivity index (χ2v) is 4.53. The van der Waals surface area contributed by atoms with Crippen LogP contribution in [0.2, 0.25) is 0 Å². The molecule has 0 unspecified atom stereocenters. The Morgan fingerprint density at radius 3 is 2.85 bits per heavy atom. The van der Waals surface area contributed by atoms with Gasteiger partial charge in [-0.3, -0.25) is 0 Å². The van der Waals surface area contributed by atoms with Crippen LogP contribution in [0.5, 0.6) is 0 Å². The number of rotatable bonds is 0. The summed E-state index contributed by atoms with van der Waals surface area (Å²) in [6.07, 6.45) is 2.58. The maximum atomic E-state index is 5.64. The van der Waals surface area contributed by atoms with Crippen molar-refractivity contribution in [2.75, 3.05) is 46.4 Å². The molecule has 2 heterocycles. The fourth-order valence-corrected chi connectivity index (χ4v) is 2.25. The highest BCUT2D eigenvalue weighted by Gasteiger charge is 2.34. The van der Waals surface area contributed by atoms with Crippen LogP contribution in [0.25, 0.3) is 0 Å². The molecule has 2 aliphatic rings. The molecule has 13 heavy (non-hydrogen) atoms. The molecule has 2 fully saturated rings. The van der Waals surface area contributed by atoms with E-state index in [9.17, 15) is 0 Å². The summed E-state index contributed by atoms with van der Waals surface area (Å²) in [5.41, 5.74) is 0.447. The number of likely N-dealkylation sites (tertiary alicyclic amines) is 1. The summed E-state index contributed by atoms with van der Waals surface area (Å²) in [6.45, 7) is 6.49. The van der Waals surface area contributed by atoms with E-state index in [0.29, 0.717) is 5.41 Å². The monoisotopic (exact) mass is 184 g/mol. The van der Waals surface area contributed by atoms with E-state index in [-0.39, 0.29) is 0 Å². The molecule has 0 bridgehead atoms. The standard InChI is InChI=1S/C10H20N2O/c1-12-5-2-10(3-6-12)8-11-4-7-13-9-10/h11H,2-9H2,1H3. The SMILES string of the molecule is CN1CCC2(CC1)CNCCOC2. The minimum Gasteiger partial charge on any atom is -0.380 e. The summed E-state index contributed by atoms with van der Waals surface area (Å²) in [5.74, 6) is 0. The van der Waals surface area contributed by atoms with Crippen LogP contribution in [0.3, 0.4) is 0 Å². The molecule has 1 N–H and O–H groups in total. The van der Waals surface area contributed by atoms with Crippen molar-refractivity contribution in [1.82, 2.24) is 10.2 Å². The molecule has 2 saturated heterocycles. The zero-order valence-corrected chi connectivity index (χ0v) is 8.51. The van der Waals surface area contributed by atoms with Crippen LogP contribution in [-0.4, -0.2) is 51.3 Å². The Hall–Kier alpha value is -0.120. The molecule has 0 aromatic carbocycles. The highest BCUT2D eigenvalue weighted by atomic mass is 16.5. The number of hydrogen-bond acceptors (Lipinski definition) is 3. The molecule has 0 aliphatic carbocycles. The van der Waals surface area contributed by atoms with Gasteiger partial charge in [0.1, 0.15) is 0 Å². The van der Waals surface area contributed by atoms with Crippen molar-refractivity contribution in [3.8, 4) is 0 Å². The van der Waals surface area contributed by atoms with Gasteiger partial charge in [-0.25, -0.2) is 0 Å². The summed E-state index contributed by atoms with van der Waals surface area (Å²) < 4.78 is 5.64. The van der Waals surface area contributed by atoms with Crippen molar-refractivity contribution in [3.63, 3.8) is 0 Å². The molecule has 0 amide bonds. The Bertz CT molecular complexity index is 154. The molecular formula is C10H20N2O. The van der Waals surface area contributed by atoms with Gasteiger partial charge in [-0.2, -0.15) is 0 Å². The molecule has 0 atom stereocenters. The van der Waals surface area contributed by atoms with Crippen molar-refractivity contribution < 1.29 is 4.74 Å². The largest absolute Gasteiger partial charge is 0.380 e. The first-order valence-corrected chi connectivity index (χ1v) is 5.28. The number of hydrogen-bond donors (Lipinski definition) is 1. The molecule has 0 saturated carbocycles. The maximum Gasteiger partial charge on any atom is 0.0591 e. The van der Waals surface area contributed by atoms with E-state index in [1.54, 1.807) is 0 Å². The Morgan fingerprint density at radius 1 is 1.31 bits per heavy atom. The lowest BCUT2D eigenvalue weighted by molar-refractivity contribution is 0.0271. The van der Waals surface area contributed by atoms with Crippen LogP contribution in [0, 0.1) is 5.41 Å². The predicted molar refractivity (Wildman–Crippen MR) is 52.9 cm³/mol. The van der Waals surface area contributed by atoms with Crippen LogP contribution in [0.1, 0.15) is 12.8 Å². The van der Waals surface area contributed by atoms with E-state index in [1.807, 2.05) is 0 Å². The lowest BCUT2D eigenvalue weighted by Crippen LogP contribution is -2.45. The van der Waals surface area contributed by atoms with Gasteiger partial charge in [-0.1, -0.05) is 0 Å². The number of nitrogens with one attached hydrogen (secondary N) is 1. The zero-order valence-electron chi connectivity index (χ0n) is 8.51. The van der Waals surface area contributed by atoms with Crippen LogP contribution in [0.4, 0.5) is 0 Å². The van der Waals surface area contributed by atoms with Gasteiger partial charge in [-0.05, 0) is 33.0 Å². The van der Waals surface area contributed by atoms with Crippen LogP contribution < -0.4 is 5.32 Å².